The highest BCUT2D eigenvalue weighted by atomic mass is 16.4. The molecule has 0 saturated carbocycles. The number of benzene rings is 1. The van der Waals surface area contributed by atoms with Crippen LogP contribution in [0.3, 0.4) is 0 Å². The van der Waals surface area contributed by atoms with E-state index in [4.69, 9.17) is 5.11 Å². The fourth-order valence-corrected chi connectivity index (χ4v) is 1.45. The lowest BCUT2D eigenvalue weighted by Crippen LogP contribution is -2.21. The van der Waals surface area contributed by atoms with Gasteiger partial charge in [0.1, 0.15) is 0 Å². The zero-order valence-corrected chi connectivity index (χ0v) is 7.90. The van der Waals surface area contributed by atoms with Crippen molar-refractivity contribution in [3.8, 4) is 0 Å². The summed E-state index contributed by atoms with van der Waals surface area (Å²) in [6.07, 6.45) is -1.30. The van der Waals surface area contributed by atoms with Gasteiger partial charge in [-0.15, -0.1) is 0 Å². The normalized spacial score (nSPS) is 10.2. The molecule has 1 aromatic heterocycles. The van der Waals surface area contributed by atoms with E-state index in [1.165, 1.54) is 18.2 Å². The van der Waals surface area contributed by atoms with Crippen LogP contribution in [0.1, 0.15) is 0 Å². The van der Waals surface area contributed by atoms with Gasteiger partial charge in [-0.05, 0) is 12.1 Å². The molecule has 0 bridgehead atoms. The molecular formula is C9H7N3O4. The molecule has 7 heteroatoms. The molecule has 4 N–H and O–H groups in total. The minimum Gasteiger partial charge on any atom is -0.465 e. The number of rotatable bonds is 1. The van der Waals surface area contributed by atoms with Crippen LogP contribution in [-0.4, -0.2) is 21.4 Å². The van der Waals surface area contributed by atoms with Crippen molar-refractivity contribution in [2.24, 2.45) is 0 Å². The van der Waals surface area contributed by atoms with Crippen molar-refractivity contribution in [3.05, 3.63) is 38.9 Å². The summed E-state index contributed by atoms with van der Waals surface area (Å²) >= 11 is 0. The number of fused-ring (bicyclic) bond motifs is 1. The number of amides is 1. The summed E-state index contributed by atoms with van der Waals surface area (Å²) in [5.41, 5.74) is -0.958. The van der Waals surface area contributed by atoms with Gasteiger partial charge < -0.3 is 5.11 Å². The van der Waals surface area contributed by atoms with Crippen molar-refractivity contribution in [1.82, 2.24) is 10.2 Å². The molecule has 0 radical (unpaired) electrons. The first-order chi connectivity index (χ1) is 7.59. The Morgan fingerprint density at radius 1 is 1.19 bits per heavy atom. The van der Waals surface area contributed by atoms with Gasteiger partial charge in [0.25, 0.3) is 11.1 Å². The minimum atomic E-state index is -1.30. The van der Waals surface area contributed by atoms with E-state index >= 15 is 0 Å². The van der Waals surface area contributed by atoms with Crippen molar-refractivity contribution < 1.29 is 9.90 Å². The molecule has 0 aliphatic rings. The second-order valence-electron chi connectivity index (χ2n) is 3.07. The summed E-state index contributed by atoms with van der Waals surface area (Å²) in [4.78, 5) is 33.3. The number of aromatic nitrogens is 2. The average molecular weight is 221 g/mol. The fourth-order valence-electron chi connectivity index (χ4n) is 1.45. The lowest BCUT2D eigenvalue weighted by molar-refractivity contribution is 0.210. The SMILES string of the molecule is O=C(O)Nc1cccc2c(=O)[nH][nH]c(=O)c12. The molecule has 2 rings (SSSR count). The maximum absolute atomic E-state index is 11.5. The van der Waals surface area contributed by atoms with E-state index in [0.29, 0.717) is 0 Å². The third-order valence-electron chi connectivity index (χ3n) is 2.07. The Morgan fingerprint density at radius 2 is 1.88 bits per heavy atom. The van der Waals surface area contributed by atoms with Crippen LogP contribution >= 0.6 is 0 Å². The van der Waals surface area contributed by atoms with Gasteiger partial charge in [0.2, 0.25) is 0 Å². The van der Waals surface area contributed by atoms with Gasteiger partial charge in [0.05, 0.1) is 16.5 Å². The zero-order valence-electron chi connectivity index (χ0n) is 7.90. The molecule has 2 aromatic rings. The Hall–Kier alpha value is -2.57. The molecule has 82 valence electrons. The lowest BCUT2D eigenvalue weighted by Gasteiger charge is -2.03. The van der Waals surface area contributed by atoms with E-state index in [9.17, 15) is 14.4 Å². The highest BCUT2D eigenvalue weighted by Crippen LogP contribution is 2.16. The van der Waals surface area contributed by atoms with Crippen LogP contribution in [0, 0.1) is 0 Å². The van der Waals surface area contributed by atoms with Crippen LogP contribution in [-0.2, 0) is 0 Å². The van der Waals surface area contributed by atoms with Crippen molar-refractivity contribution in [2.45, 2.75) is 0 Å². The molecule has 0 unspecified atom stereocenters. The van der Waals surface area contributed by atoms with Gasteiger partial charge in [0, 0.05) is 0 Å². The predicted octanol–water partition coefficient (Wildman–Crippen LogP) is 0.306. The molecule has 16 heavy (non-hydrogen) atoms. The van der Waals surface area contributed by atoms with E-state index < -0.39 is 17.2 Å². The molecular weight excluding hydrogens is 214 g/mol. The number of H-pyrrole nitrogens is 2. The standard InChI is InChI=1S/C9H7N3O4/c13-7-4-2-1-3-5(10-9(15)16)6(4)8(14)12-11-7/h1-3,10H,(H,11,13)(H,12,14)(H,15,16). The number of carboxylic acid groups (broad SMARTS) is 1. The molecule has 0 spiro atoms. The van der Waals surface area contributed by atoms with Gasteiger partial charge in [0.15, 0.2) is 0 Å². The van der Waals surface area contributed by atoms with E-state index in [2.05, 4.69) is 15.5 Å². The maximum atomic E-state index is 11.5. The van der Waals surface area contributed by atoms with Crippen LogP contribution in [0.25, 0.3) is 10.8 Å². The van der Waals surface area contributed by atoms with Crippen molar-refractivity contribution in [2.75, 3.05) is 5.32 Å². The van der Waals surface area contributed by atoms with Gasteiger partial charge in [-0.25, -0.2) is 4.79 Å². The summed E-state index contributed by atoms with van der Waals surface area (Å²) in [5, 5.41) is 15.1. The average Bonchev–Trinajstić information content (AvgIpc) is 2.23. The number of anilines is 1. The second-order valence-corrected chi connectivity index (χ2v) is 3.07. The predicted molar refractivity (Wildman–Crippen MR) is 56.8 cm³/mol. The van der Waals surface area contributed by atoms with Crippen LogP contribution in [0.15, 0.2) is 27.8 Å². The lowest BCUT2D eigenvalue weighted by atomic mass is 10.1. The van der Waals surface area contributed by atoms with Crippen LogP contribution in [0.2, 0.25) is 0 Å². The Bertz CT molecular complexity index is 670. The molecule has 0 atom stereocenters. The number of aromatic amines is 2. The van der Waals surface area contributed by atoms with Crippen molar-refractivity contribution in [3.63, 3.8) is 0 Å². The minimum absolute atomic E-state index is 0.0219. The second kappa shape index (κ2) is 3.54. The highest BCUT2D eigenvalue weighted by Gasteiger charge is 2.09. The largest absolute Gasteiger partial charge is 0.465 e. The molecule has 1 heterocycles. The Balaban J connectivity index is 2.86. The molecule has 1 amide bonds. The highest BCUT2D eigenvalue weighted by molar-refractivity contribution is 5.98. The van der Waals surface area contributed by atoms with Gasteiger partial charge in [-0.2, -0.15) is 0 Å². The summed E-state index contributed by atoms with van der Waals surface area (Å²) in [6.45, 7) is 0. The first-order valence-electron chi connectivity index (χ1n) is 4.33. The van der Waals surface area contributed by atoms with Crippen LogP contribution in [0.4, 0.5) is 10.5 Å². The van der Waals surface area contributed by atoms with Crippen LogP contribution < -0.4 is 16.4 Å². The van der Waals surface area contributed by atoms with Crippen molar-refractivity contribution >= 4 is 22.6 Å². The first-order valence-corrected chi connectivity index (χ1v) is 4.33. The summed E-state index contributed by atoms with van der Waals surface area (Å²) in [7, 11) is 0. The summed E-state index contributed by atoms with van der Waals surface area (Å²) < 4.78 is 0. The third kappa shape index (κ3) is 1.54. The van der Waals surface area contributed by atoms with E-state index in [1.54, 1.807) is 0 Å². The van der Waals surface area contributed by atoms with E-state index in [1.807, 2.05) is 0 Å². The maximum Gasteiger partial charge on any atom is 0.409 e. The first kappa shape index (κ1) is 9.97. The summed E-state index contributed by atoms with van der Waals surface area (Å²) in [5.74, 6) is 0. The van der Waals surface area contributed by atoms with Gasteiger partial charge >= 0.3 is 6.09 Å². The monoisotopic (exact) mass is 221 g/mol. The number of carbonyl (C=O) groups is 1. The Morgan fingerprint density at radius 3 is 2.56 bits per heavy atom. The summed E-state index contributed by atoms with van der Waals surface area (Å²) in [6, 6.07) is 4.34. The molecule has 0 aliphatic heterocycles. The van der Waals surface area contributed by atoms with Crippen molar-refractivity contribution in [1.29, 1.82) is 0 Å². The zero-order chi connectivity index (χ0) is 11.7. The third-order valence-corrected chi connectivity index (χ3v) is 2.07. The van der Waals surface area contributed by atoms with E-state index in [0.717, 1.165) is 0 Å². The van der Waals surface area contributed by atoms with E-state index in [-0.39, 0.29) is 16.5 Å². The molecule has 0 saturated heterocycles. The Kier molecular flexibility index (Phi) is 2.20. The number of hydrogen-bond donors (Lipinski definition) is 4. The smallest absolute Gasteiger partial charge is 0.409 e. The molecule has 1 aromatic carbocycles. The number of nitrogens with one attached hydrogen (secondary N) is 3. The van der Waals surface area contributed by atoms with Gasteiger partial charge in [-0.1, -0.05) is 6.07 Å². The molecule has 0 aliphatic carbocycles. The topological polar surface area (TPSA) is 115 Å². The molecule has 7 nitrogen and oxygen atoms in total. The quantitative estimate of drug-likeness (QED) is 0.554. The van der Waals surface area contributed by atoms with Gasteiger partial charge in [-0.3, -0.25) is 25.1 Å². The number of hydrogen-bond acceptors (Lipinski definition) is 3. The molecule has 0 fully saturated rings. The van der Waals surface area contributed by atoms with Crippen LogP contribution in [0.5, 0.6) is 0 Å². The Labute approximate surface area is 87.7 Å². The fraction of sp³-hybridized carbons (Fsp3) is 0.